The Labute approximate surface area is 151 Å². The van der Waals surface area contributed by atoms with E-state index in [1.807, 2.05) is 18.2 Å². The van der Waals surface area contributed by atoms with E-state index in [9.17, 15) is 14.7 Å². The van der Waals surface area contributed by atoms with Crippen molar-refractivity contribution in [3.8, 4) is 5.75 Å². The molecule has 1 aliphatic carbocycles. The molecule has 1 heterocycles. The lowest BCUT2D eigenvalue weighted by molar-refractivity contribution is -0.254. The highest BCUT2D eigenvalue weighted by molar-refractivity contribution is 5.94. The van der Waals surface area contributed by atoms with Crippen molar-refractivity contribution in [3.05, 3.63) is 71.3 Å². The van der Waals surface area contributed by atoms with Crippen LogP contribution in [-0.2, 0) is 4.79 Å². The number of hydrogen-bond acceptors (Lipinski definition) is 5. The molecule has 2 aromatic rings. The van der Waals surface area contributed by atoms with Crippen molar-refractivity contribution in [3.63, 3.8) is 0 Å². The maximum atomic E-state index is 11.5. The molecule has 0 radical (unpaired) electrons. The number of carbonyl (C=O) groups is 2. The predicted octanol–water partition coefficient (Wildman–Crippen LogP) is 2.80. The van der Waals surface area contributed by atoms with Gasteiger partial charge in [-0.2, -0.15) is 0 Å². The van der Waals surface area contributed by atoms with Crippen LogP contribution < -0.4 is 15.2 Å². The highest BCUT2D eigenvalue weighted by atomic mass is 16.5. The van der Waals surface area contributed by atoms with Crippen molar-refractivity contribution in [2.45, 2.75) is 25.3 Å². The predicted molar refractivity (Wildman–Crippen MR) is 94.9 cm³/mol. The Kier molecular flexibility index (Phi) is 3.99. The molecule has 2 aromatic carbocycles. The number of carbonyl (C=O) groups excluding carboxylic acids is 2. The second-order valence-electron chi connectivity index (χ2n) is 6.70. The lowest BCUT2D eigenvalue weighted by atomic mass is 9.76. The van der Waals surface area contributed by atoms with Crippen molar-refractivity contribution in [2.75, 3.05) is 5.32 Å². The second kappa shape index (κ2) is 6.33. The van der Waals surface area contributed by atoms with Crippen molar-refractivity contribution in [1.29, 1.82) is 0 Å². The Bertz CT molecular complexity index is 901. The highest BCUT2D eigenvalue weighted by Gasteiger charge is 2.38. The smallest absolute Gasteiger partial charge is 0.308 e. The normalized spacial score (nSPS) is 22.9. The Balaban J connectivity index is 1.72. The number of fused-ring (bicyclic) bond motifs is 3. The maximum Gasteiger partial charge on any atom is 0.308 e. The number of aromatic carboxylic acids is 1. The Hall–Kier alpha value is -3.08. The maximum absolute atomic E-state index is 11.5. The standard InChI is InChI=1S/C21H19NO4/c1-12(23)26-14-10-8-13(9-11-14)19-16-5-2-4-15(16)17-6-3-7-18(21(24)25)20(17)22-19/h2-4,6-11,15-16,19,22H,5H2,1H3,(H,24,25)/p-1/t15-,16-,19-/m0/s1. The molecule has 1 aliphatic heterocycles. The van der Waals surface area contributed by atoms with Crippen molar-refractivity contribution in [2.24, 2.45) is 5.92 Å². The van der Waals surface area contributed by atoms with Gasteiger partial charge in [0.05, 0.1) is 12.0 Å². The second-order valence-corrected chi connectivity index (χ2v) is 6.70. The van der Waals surface area contributed by atoms with Gasteiger partial charge < -0.3 is 20.0 Å². The molecule has 0 unspecified atom stereocenters. The lowest BCUT2D eigenvalue weighted by Gasteiger charge is -2.38. The van der Waals surface area contributed by atoms with Crippen molar-refractivity contribution < 1.29 is 19.4 Å². The summed E-state index contributed by atoms with van der Waals surface area (Å²) in [5.41, 5.74) is 2.84. The SMILES string of the molecule is CC(=O)Oc1ccc([C@@H]2Nc3c(C(=O)[O-])cccc3[C@H]3C=CC[C@@H]32)cc1. The number of ether oxygens (including phenoxy) is 1. The van der Waals surface area contributed by atoms with E-state index < -0.39 is 5.97 Å². The van der Waals surface area contributed by atoms with Gasteiger partial charge in [-0.05, 0) is 35.6 Å². The van der Waals surface area contributed by atoms with Crippen LogP contribution in [0.3, 0.4) is 0 Å². The van der Waals surface area contributed by atoms with Gasteiger partial charge in [-0.25, -0.2) is 0 Å². The molecule has 26 heavy (non-hydrogen) atoms. The van der Waals surface area contributed by atoms with Crippen LogP contribution in [0.25, 0.3) is 0 Å². The van der Waals surface area contributed by atoms with Crippen molar-refractivity contribution >= 4 is 17.6 Å². The van der Waals surface area contributed by atoms with Gasteiger partial charge in [-0.15, -0.1) is 0 Å². The minimum Gasteiger partial charge on any atom is -0.545 e. The summed E-state index contributed by atoms with van der Waals surface area (Å²) in [6, 6.07) is 12.6. The first-order valence-electron chi connectivity index (χ1n) is 8.60. The third kappa shape index (κ3) is 2.75. The van der Waals surface area contributed by atoms with Gasteiger partial charge in [-0.3, -0.25) is 4.79 Å². The molecule has 0 fully saturated rings. The topological polar surface area (TPSA) is 78.5 Å². The number of allylic oxidation sites excluding steroid dienone is 2. The van der Waals surface area contributed by atoms with Crippen LogP contribution in [0.2, 0.25) is 0 Å². The molecule has 0 aromatic heterocycles. The minimum absolute atomic E-state index is 0.0330. The molecule has 0 saturated heterocycles. The zero-order valence-corrected chi connectivity index (χ0v) is 14.3. The summed E-state index contributed by atoms with van der Waals surface area (Å²) in [5.74, 6) is -0.573. The molecule has 0 saturated carbocycles. The summed E-state index contributed by atoms with van der Waals surface area (Å²) in [6.45, 7) is 1.36. The zero-order chi connectivity index (χ0) is 18.3. The monoisotopic (exact) mass is 348 g/mol. The summed E-state index contributed by atoms with van der Waals surface area (Å²) >= 11 is 0. The molecule has 0 amide bonds. The van der Waals surface area contributed by atoms with Crippen LogP contribution >= 0.6 is 0 Å². The van der Waals surface area contributed by atoms with E-state index in [4.69, 9.17) is 4.74 Å². The summed E-state index contributed by atoms with van der Waals surface area (Å²) < 4.78 is 5.09. The van der Waals surface area contributed by atoms with Gasteiger partial charge in [-0.1, -0.05) is 42.5 Å². The summed E-state index contributed by atoms with van der Waals surface area (Å²) in [6.07, 6.45) is 5.23. The molecule has 132 valence electrons. The summed E-state index contributed by atoms with van der Waals surface area (Å²) in [7, 11) is 0. The Morgan fingerprint density at radius 1 is 1.15 bits per heavy atom. The van der Waals surface area contributed by atoms with Crippen LogP contribution in [-0.4, -0.2) is 11.9 Å². The Morgan fingerprint density at radius 3 is 2.62 bits per heavy atom. The van der Waals surface area contributed by atoms with E-state index >= 15 is 0 Å². The number of rotatable bonds is 3. The van der Waals surface area contributed by atoms with Gasteiger partial charge in [0.15, 0.2) is 0 Å². The zero-order valence-electron chi connectivity index (χ0n) is 14.3. The first-order valence-corrected chi connectivity index (χ1v) is 8.60. The average molecular weight is 348 g/mol. The van der Waals surface area contributed by atoms with Crippen LogP contribution in [0.15, 0.2) is 54.6 Å². The minimum atomic E-state index is -1.18. The fourth-order valence-corrected chi connectivity index (χ4v) is 4.03. The number of para-hydroxylation sites is 1. The molecule has 3 atom stereocenters. The Morgan fingerprint density at radius 2 is 1.92 bits per heavy atom. The quantitative estimate of drug-likeness (QED) is 0.524. The van der Waals surface area contributed by atoms with Crippen LogP contribution in [0.4, 0.5) is 5.69 Å². The first kappa shape index (κ1) is 16.4. The first-order chi connectivity index (χ1) is 12.5. The summed E-state index contributed by atoms with van der Waals surface area (Å²) in [4.78, 5) is 22.6. The van der Waals surface area contributed by atoms with E-state index in [1.165, 1.54) is 6.92 Å². The van der Waals surface area contributed by atoms with E-state index in [2.05, 4.69) is 17.5 Å². The number of hydrogen-bond donors (Lipinski definition) is 1. The fraction of sp³-hybridized carbons (Fsp3) is 0.238. The third-order valence-electron chi connectivity index (χ3n) is 5.12. The molecular weight excluding hydrogens is 330 g/mol. The van der Waals surface area contributed by atoms with Gasteiger partial charge in [0.1, 0.15) is 5.75 Å². The molecule has 0 bridgehead atoms. The van der Waals surface area contributed by atoms with Gasteiger partial charge in [0.25, 0.3) is 0 Å². The molecule has 5 nitrogen and oxygen atoms in total. The van der Waals surface area contributed by atoms with E-state index in [1.54, 1.807) is 24.3 Å². The number of carboxylic acid groups (broad SMARTS) is 1. The van der Waals surface area contributed by atoms with E-state index in [0.29, 0.717) is 17.4 Å². The molecule has 1 N–H and O–H groups in total. The van der Waals surface area contributed by atoms with Crippen LogP contribution in [0.1, 0.15) is 46.8 Å². The van der Waals surface area contributed by atoms with Gasteiger partial charge >= 0.3 is 5.97 Å². The average Bonchev–Trinajstić information content (AvgIpc) is 3.10. The van der Waals surface area contributed by atoms with Crippen LogP contribution in [0, 0.1) is 5.92 Å². The van der Waals surface area contributed by atoms with Gasteiger partial charge in [0, 0.05) is 24.1 Å². The largest absolute Gasteiger partial charge is 0.545 e. The number of esters is 1. The van der Waals surface area contributed by atoms with Crippen molar-refractivity contribution in [1.82, 2.24) is 0 Å². The third-order valence-corrected chi connectivity index (χ3v) is 5.12. The molecule has 4 rings (SSSR count). The fourth-order valence-electron chi connectivity index (χ4n) is 4.03. The number of nitrogens with one attached hydrogen (secondary N) is 1. The van der Waals surface area contributed by atoms with Crippen LogP contribution in [0.5, 0.6) is 5.75 Å². The highest BCUT2D eigenvalue weighted by Crippen LogP contribution is 2.50. The lowest BCUT2D eigenvalue weighted by Crippen LogP contribution is -2.32. The molecule has 5 heteroatoms. The number of benzene rings is 2. The number of carboxylic acids is 1. The van der Waals surface area contributed by atoms with E-state index in [-0.39, 0.29) is 23.5 Å². The summed E-state index contributed by atoms with van der Waals surface area (Å²) in [5, 5.41) is 15.0. The molecule has 2 aliphatic rings. The van der Waals surface area contributed by atoms with E-state index in [0.717, 1.165) is 17.5 Å². The molecule has 0 spiro atoms. The number of anilines is 1. The van der Waals surface area contributed by atoms with Gasteiger partial charge in [0.2, 0.25) is 0 Å². The molecular formula is C21H18NO4-.